The second kappa shape index (κ2) is 11.9. The van der Waals surface area contributed by atoms with Crippen LogP contribution in [0.2, 0.25) is 0 Å². The van der Waals surface area contributed by atoms with Crippen LogP contribution in [0.4, 0.5) is 5.69 Å². The molecule has 1 N–H and O–H groups in total. The molecular weight excluding hydrogens is 493 g/mol. The van der Waals surface area contributed by atoms with E-state index in [4.69, 9.17) is 4.99 Å². The van der Waals surface area contributed by atoms with Crippen LogP contribution in [0.25, 0.3) is 0 Å². The SMILES string of the molecule is CCNC(=NCC1CCCN(CC(C)C)C1)N1CCN(c2cnn(C)c2)C(=O)C1.I. The van der Waals surface area contributed by atoms with Crippen molar-refractivity contribution < 1.29 is 4.79 Å². The lowest BCUT2D eigenvalue weighted by Crippen LogP contribution is -2.55. The molecule has 2 aliphatic rings. The topological polar surface area (TPSA) is 69.0 Å². The van der Waals surface area contributed by atoms with E-state index in [1.807, 2.05) is 18.1 Å². The Balaban J connectivity index is 0.00000320. The average molecular weight is 531 g/mol. The van der Waals surface area contributed by atoms with Crippen molar-refractivity contribution in [2.45, 2.75) is 33.6 Å². The van der Waals surface area contributed by atoms with E-state index in [-0.39, 0.29) is 29.9 Å². The highest BCUT2D eigenvalue weighted by molar-refractivity contribution is 14.0. The van der Waals surface area contributed by atoms with Gasteiger partial charge in [0, 0.05) is 52.5 Å². The quantitative estimate of drug-likeness (QED) is 0.346. The minimum Gasteiger partial charge on any atom is -0.357 e. The van der Waals surface area contributed by atoms with Gasteiger partial charge in [-0.2, -0.15) is 5.10 Å². The largest absolute Gasteiger partial charge is 0.357 e. The molecule has 0 radical (unpaired) electrons. The number of halogens is 1. The first-order chi connectivity index (χ1) is 14.0. The lowest BCUT2D eigenvalue weighted by atomic mass is 9.97. The Morgan fingerprint density at radius 2 is 2.13 bits per heavy atom. The van der Waals surface area contributed by atoms with Crippen molar-refractivity contribution in [1.29, 1.82) is 0 Å². The second-order valence-electron chi connectivity index (χ2n) is 8.70. The first-order valence-electron chi connectivity index (χ1n) is 11.0. The average Bonchev–Trinajstić information content (AvgIpc) is 3.11. The number of aliphatic imine (C=N–C) groups is 1. The first kappa shape index (κ1) is 24.9. The van der Waals surface area contributed by atoms with Crippen molar-refractivity contribution in [3.63, 3.8) is 0 Å². The van der Waals surface area contributed by atoms with Crippen molar-refractivity contribution in [2.75, 3.05) is 57.3 Å². The minimum atomic E-state index is 0. The van der Waals surface area contributed by atoms with Crippen LogP contribution < -0.4 is 10.2 Å². The monoisotopic (exact) mass is 531 g/mol. The van der Waals surface area contributed by atoms with Gasteiger partial charge in [0.15, 0.2) is 5.96 Å². The Kier molecular flexibility index (Phi) is 9.86. The number of anilines is 1. The standard InChI is InChI=1S/C21H37N7O.HI/c1-5-22-21(23-11-18-7-6-8-26(14-18)13-17(2)3)27-9-10-28(20(29)16-27)19-12-24-25(4)15-19;/h12,15,17-18H,5-11,13-14,16H2,1-4H3,(H,22,23);1H. The van der Waals surface area contributed by atoms with Crippen LogP contribution >= 0.6 is 24.0 Å². The Hall–Kier alpha value is -1.36. The number of piperidine rings is 1. The van der Waals surface area contributed by atoms with Gasteiger partial charge in [0.2, 0.25) is 5.91 Å². The normalized spacial score (nSPS) is 21.2. The molecule has 2 aliphatic heterocycles. The van der Waals surface area contributed by atoms with Gasteiger partial charge in [-0.05, 0) is 38.1 Å². The van der Waals surface area contributed by atoms with E-state index in [1.165, 1.54) is 25.9 Å². The number of nitrogens with zero attached hydrogens (tertiary/aromatic N) is 6. The van der Waals surface area contributed by atoms with Gasteiger partial charge in [-0.15, -0.1) is 24.0 Å². The highest BCUT2D eigenvalue weighted by Gasteiger charge is 2.28. The molecule has 1 aromatic rings. The number of aryl methyl sites for hydroxylation is 1. The summed E-state index contributed by atoms with van der Waals surface area (Å²) in [6.45, 7) is 13.6. The molecular formula is C21H38IN7O. The second-order valence-corrected chi connectivity index (χ2v) is 8.70. The lowest BCUT2D eigenvalue weighted by Gasteiger charge is -2.36. The highest BCUT2D eigenvalue weighted by atomic mass is 127. The predicted octanol–water partition coefficient (Wildman–Crippen LogP) is 2.02. The molecule has 0 spiro atoms. The Labute approximate surface area is 198 Å². The van der Waals surface area contributed by atoms with E-state index in [0.29, 0.717) is 24.9 Å². The van der Waals surface area contributed by atoms with Gasteiger partial charge in [0.05, 0.1) is 11.9 Å². The number of hydrogen-bond acceptors (Lipinski definition) is 4. The van der Waals surface area contributed by atoms with Crippen molar-refractivity contribution in [2.24, 2.45) is 23.9 Å². The fourth-order valence-electron chi connectivity index (χ4n) is 4.30. The summed E-state index contributed by atoms with van der Waals surface area (Å²) in [6, 6.07) is 0. The summed E-state index contributed by atoms with van der Waals surface area (Å²) in [5.74, 6) is 2.27. The van der Waals surface area contributed by atoms with Crippen LogP contribution in [0.5, 0.6) is 0 Å². The Morgan fingerprint density at radius 1 is 1.33 bits per heavy atom. The molecule has 1 atom stereocenters. The van der Waals surface area contributed by atoms with E-state index in [1.54, 1.807) is 10.9 Å². The molecule has 1 aromatic heterocycles. The zero-order chi connectivity index (χ0) is 20.8. The van der Waals surface area contributed by atoms with Crippen LogP contribution in [0.3, 0.4) is 0 Å². The Morgan fingerprint density at radius 3 is 2.77 bits per heavy atom. The number of rotatable bonds is 6. The van der Waals surface area contributed by atoms with Crippen molar-refractivity contribution in [1.82, 2.24) is 24.9 Å². The van der Waals surface area contributed by atoms with Crippen molar-refractivity contribution >= 4 is 41.5 Å². The van der Waals surface area contributed by atoms with Gasteiger partial charge in [-0.25, -0.2) is 0 Å². The fourth-order valence-corrected chi connectivity index (χ4v) is 4.30. The maximum Gasteiger partial charge on any atom is 0.246 e. The number of piperazine rings is 1. The number of guanidine groups is 1. The van der Waals surface area contributed by atoms with Crippen LogP contribution in [-0.2, 0) is 11.8 Å². The van der Waals surface area contributed by atoms with Gasteiger partial charge in [0.1, 0.15) is 6.54 Å². The first-order valence-corrected chi connectivity index (χ1v) is 11.0. The summed E-state index contributed by atoms with van der Waals surface area (Å²) in [5.41, 5.74) is 0.867. The molecule has 0 aliphatic carbocycles. The van der Waals surface area contributed by atoms with Crippen LogP contribution in [0, 0.1) is 11.8 Å². The number of amides is 1. The molecule has 0 saturated carbocycles. The van der Waals surface area contributed by atoms with Gasteiger partial charge in [-0.1, -0.05) is 13.8 Å². The van der Waals surface area contributed by atoms with Crippen molar-refractivity contribution in [3.8, 4) is 0 Å². The van der Waals surface area contributed by atoms with Gasteiger partial charge >= 0.3 is 0 Å². The molecule has 0 bridgehead atoms. The van der Waals surface area contributed by atoms with E-state index < -0.39 is 0 Å². The molecule has 1 unspecified atom stereocenters. The highest BCUT2D eigenvalue weighted by Crippen LogP contribution is 2.19. The van der Waals surface area contributed by atoms with Gasteiger partial charge in [0.25, 0.3) is 0 Å². The maximum absolute atomic E-state index is 12.7. The summed E-state index contributed by atoms with van der Waals surface area (Å²) in [7, 11) is 1.87. The number of carbonyl (C=O) groups excluding carboxylic acids is 1. The van der Waals surface area contributed by atoms with Crippen LogP contribution in [0.1, 0.15) is 33.6 Å². The number of carbonyl (C=O) groups is 1. The summed E-state index contributed by atoms with van der Waals surface area (Å²) in [5, 5.41) is 7.57. The van der Waals surface area contributed by atoms with E-state index in [2.05, 4.69) is 41.0 Å². The zero-order valence-corrected chi connectivity index (χ0v) is 21.2. The molecule has 9 heteroatoms. The molecule has 170 valence electrons. The number of nitrogens with one attached hydrogen (secondary N) is 1. The third-order valence-electron chi connectivity index (χ3n) is 5.58. The molecule has 2 fully saturated rings. The molecule has 8 nitrogen and oxygen atoms in total. The van der Waals surface area contributed by atoms with E-state index >= 15 is 0 Å². The number of hydrogen-bond donors (Lipinski definition) is 1. The maximum atomic E-state index is 12.7. The minimum absolute atomic E-state index is 0. The smallest absolute Gasteiger partial charge is 0.246 e. The van der Waals surface area contributed by atoms with Crippen molar-refractivity contribution in [3.05, 3.63) is 12.4 Å². The molecule has 0 aromatic carbocycles. The van der Waals surface area contributed by atoms with Gasteiger partial charge in [-0.3, -0.25) is 14.5 Å². The molecule has 3 rings (SSSR count). The molecule has 2 saturated heterocycles. The number of aromatic nitrogens is 2. The summed E-state index contributed by atoms with van der Waals surface area (Å²) < 4.78 is 1.73. The number of likely N-dealkylation sites (tertiary alicyclic amines) is 1. The Bertz CT molecular complexity index is 705. The third-order valence-corrected chi connectivity index (χ3v) is 5.58. The summed E-state index contributed by atoms with van der Waals surface area (Å²) in [6.07, 6.45) is 6.13. The molecule has 30 heavy (non-hydrogen) atoms. The third kappa shape index (κ3) is 6.83. The van der Waals surface area contributed by atoms with E-state index in [9.17, 15) is 4.79 Å². The molecule has 3 heterocycles. The summed E-state index contributed by atoms with van der Waals surface area (Å²) in [4.78, 5) is 24.1. The summed E-state index contributed by atoms with van der Waals surface area (Å²) >= 11 is 0. The fraction of sp³-hybridized carbons (Fsp3) is 0.762. The predicted molar refractivity (Wildman–Crippen MR) is 133 cm³/mol. The van der Waals surface area contributed by atoms with Gasteiger partial charge < -0.3 is 20.0 Å². The lowest BCUT2D eigenvalue weighted by molar-refractivity contribution is -0.120. The van der Waals surface area contributed by atoms with Crippen LogP contribution in [-0.4, -0.2) is 83.8 Å². The van der Waals surface area contributed by atoms with E-state index in [0.717, 1.165) is 37.8 Å². The van der Waals surface area contributed by atoms with Crippen LogP contribution in [0.15, 0.2) is 17.4 Å². The zero-order valence-electron chi connectivity index (χ0n) is 18.9. The molecule has 1 amide bonds.